The fraction of sp³-hybridized carbons (Fsp3) is 0.130. The van der Waals surface area contributed by atoms with Crippen LogP contribution < -0.4 is 14.8 Å². The minimum atomic E-state index is -3.86. The van der Waals surface area contributed by atoms with Crippen LogP contribution >= 0.6 is 0 Å². The molecule has 1 heterocycles. The monoisotopic (exact) mass is 434 g/mol. The third-order valence-corrected chi connectivity index (χ3v) is 6.10. The second kappa shape index (κ2) is 8.23. The van der Waals surface area contributed by atoms with Crippen LogP contribution in [0.4, 0.5) is 17.3 Å². The van der Waals surface area contributed by atoms with Crippen LogP contribution in [0, 0.1) is 13.8 Å². The average molecular weight is 435 g/mol. The lowest BCUT2D eigenvalue weighted by Gasteiger charge is -2.15. The van der Waals surface area contributed by atoms with Gasteiger partial charge in [-0.15, -0.1) is 0 Å². The topological polar surface area (TPSA) is 93.2 Å². The molecule has 0 fully saturated rings. The third kappa shape index (κ3) is 4.44. The highest BCUT2D eigenvalue weighted by atomic mass is 32.2. The molecule has 0 unspecified atom stereocenters. The highest BCUT2D eigenvalue weighted by Crippen LogP contribution is 2.31. The molecule has 158 valence electrons. The molecule has 4 rings (SSSR count). The van der Waals surface area contributed by atoms with Gasteiger partial charge in [-0.1, -0.05) is 35.9 Å². The van der Waals surface area contributed by atoms with Crippen LogP contribution in [0.25, 0.3) is 11.0 Å². The highest BCUT2D eigenvalue weighted by molar-refractivity contribution is 7.92. The molecule has 0 amide bonds. The molecule has 8 heteroatoms. The van der Waals surface area contributed by atoms with Gasteiger partial charge in [0.1, 0.15) is 5.75 Å². The van der Waals surface area contributed by atoms with Gasteiger partial charge in [0.05, 0.1) is 28.7 Å². The summed E-state index contributed by atoms with van der Waals surface area (Å²) in [5.41, 5.74) is 3.87. The number of ether oxygens (including phenoxy) is 1. The SMILES string of the molecule is COc1ccccc1Nc1nc2cc(C)ccc2nc1NS(=O)(=O)c1ccc(C)cc1. The normalized spacial score (nSPS) is 11.3. The minimum Gasteiger partial charge on any atom is -0.495 e. The molecule has 0 aliphatic rings. The number of benzene rings is 3. The number of hydrogen-bond donors (Lipinski definition) is 2. The Hall–Kier alpha value is -3.65. The first kappa shape index (κ1) is 20.6. The Bertz CT molecular complexity index is 1350. The Balaban J connectivity index is 1.81. The van der Waals surface area contributed by atoms with Gasteiger partial charge in [0.25, 0.3) is 10.0 Å². The molecule has 4 aromatic rings. The van der Waals surface area contributed by atoms with Gasteiger partial charge in [-0.25, -0.2) is 18.4 Å². The zero-order chi connectivity index (χ0) is 22.0. The number of sulfonamides is 1. The van der Waals surface area contributed by atoms with E-state index < -0.39 is 10.0 Å². The van der Waals surface area contributed by atoms with E-state index in [1.807, 2.05) is 50.2 Å². The highest BCUT2D eigenvalue weighted by Gasteiger charge is 2.19. The molecular weight excluding hydrogens is 412 g/mol. The van der Waals surface area contributed by atoms with Crippen molar-refractivity contribution in [2.75, 3.05) is 17.1 Å². The second-order valence-electron chi connectivity index (χ2n) is 7.16. The lowest BCUT2D eigenvalue weighted by Crippen LogP contribution is -2.16. The van der Waals surface area contributed by atoms with Crippen LogP contribution in [-0.4, -0.2) is 25.5 Å². The van der Waals surface area contributed by atoms with Crippen molar-refractivity contribution < 1.29 is 13.2 Å². The first-order valence-corrected chi connectivity index (χ1v) is 11.1. The van der Waals surface area contributed by atoms with Crippen molar-refractivity contribution in [3.63, 3.8) is 0 Å². The zero-order valence-electron chi connectivity index (χ0n) is 17.4. The molecule has 0 atom stereocenters. The van der Waals surface area contributed by atoms with E-state index in [2.05, 4.69) is 20.0 Å². The number of para-hydroxylation sites is 2. The van der Waals surface area contributed by atoms with E-state index in [9.17, 15) is 8.42 Å². The van der Waals surface area contributed by atoms with Crippen molar-refractivity contribution in [3.05, 3.63) is 77.9 Å². The largest absolute Gasteiger partial charge is 0.495 e. The van der Waals surface area contributed by atoms with Gasteiger partial charge < -0.3 is 10.1 Å². The van der Waals surface area contributed by atoms with Gasteiger partial charge >= 0.3 is 0 Å². The number of rotatable bonds is 6. The number of nitrogens with zero attached hydrogens (tertiary/aromatic N) is 2. The Kier molecular flexibility index (Phi) is 5.48. The van der Waals surface area contributed by atoms with Crippen molar-refractivity contribution in [2.45, 2.75) is 18.7 Å². The molecule has 0 saturated heterocycles. The lowest BCUT2D eigenvalue weighted by molar-refractivity contribution is 0.417. The van der Waals surface area contributed by atoms with Crippen molar-refractivity contribution in [3.8, 4) is 5.75 Å². The van der Waals surface area contributed by atoms with Gasteiger partial charge in [0, 0.05) is 0 Å². The van der Waals surface area contributed by atoms with Gasteiger partial charge in [-0.3, -0.25) is 4.72 Å². The van der Waals surface area contributed by atoms with E-state index in [-0.39, 0.29) is 16.5 Å². The Morgan fingerprint density at radius 1 is 0.806 bits per heavy atom. The molecule has 0 aliphatic carbocycles. The number of nitrogens with one attached hydrogen (secondary N) is 2. The average Bonchev–Trinajstić information content (AvgIpc) is 2.75. The van der Waals surface area contributed by atoms with E-state index in [4.69, 9.17) is 4.74 Å². The first-order chi connectivity index (χ1) is 14.9. The predicted molar refractivity (Wildman–Crippen MR) is 123 cm³/mol. The first-order valence-electron chi connectivity index (χ1n) is 9.64. The summed E-state index contributed by atoms with van der Waals surface area (Å²) in [6, 6.07) is 19.5. The maximum absolute atomic E-state index is 13.0. The quantitative estimate of drug-likeness (QED) is 0.453. The van der Waals surface area contributed by atoms with Gasteiger partial charge in [0.2, 0.25) is 0 Å². The summed E-state index contributed by atoms with van der Waals surface area (Å²) in [5, 5.41) is 3.16. The van der Waals surface area contributed by atoms with Crippen molar-refractivity contribution in [1.82, 2.24) is 9.97 Å². The molecule has 1 aromatic heterocycles. The summed E-state index contributed by atoms with van der Waals surface area (Å²) in [7, 11) is -2.29. The van der Waals surface area contributed by atoms with E-state index >= 15 is 0 Å². The maximum Gasteiger partial charge on any atom is 0.263 e. The minimum absolute atomic E-state index is 0.0998. The summed E-state index contributed by atoms with van der Waals surface area (Å²) in [6.45, 7) is 3.86. The summed E-state index contributed by atoms with van der Waals surface area (Å²) >= 11 is 0. The predicted octanol–water partition coefficient (Wildman–Crippen LogP) is 4.80. The third-order valence-electron chi connectivity index (χ3n) is 4.74. The molecule has 0 aliphatic heterocycles. The van der Waals surface area contributed by atoms with Crippen LogP contribution in [0.5, 0.6) is 5.75 Å². The van der Waals surface area contributed by atoms with Gasteiger partial charge in [0.15, 0.2) is 11.6 Å². The van der Waals surface area contributed by atoms with Crippen molar-refractivity contribution in [2.24, 2.45) is 0 Å². The summed E-state index contributed by atoms with van der Waals surface area (Å²) in [6.07, 6.45) is 0. The molecule has 0 bridgehead atoms. The van der Waals surface area contributed by atoms with Crippen LogP contribution in [-0.2, 0) is 10.0 Å². The molecule has 0 saturated carbocycles. The fourth-order valence-corrected chi connectivity index (χ4v) is 4.11. The van der Waals surface area contributed by atoms with Gasteiger partial charge in [-0.05, 0) is 55.8 Å². The summed E-state index contributed by atoms with van der Waals surface area (Å²) in [5.74, 6) is 0.974. The molecular formula is C23H22N4O3S. The lowest BCUT2D eigenvalue weighted by atomic mass is 10.2. The van der Waals surface area contributed by atoms with E-state index in [1.165, 1.54) is 0 Å². The molecule has 3 aromatic carbocycles. The van der Waals surface area contributed by atoms with E-state index in [1.54, 1.807) is 37.4 Å². The van der Waals surface area contributed by atoms with Crippen LogP contribution in [0.2, 0.25) is 0 Å². The summed E-state index contributed by atoms with van der Waals surface area (Å²) in [4.78, 5) is 9.33. The number of anilines is 3. The Morgan fingerprint density at radius 3 is 2.23 bits per heavy atom. The molecule has 31 heavy (non-hydrogen) atoms. The Labute approximate surface area is 181 Å². The molecule has 7 nitrogen and oxygen atoms in total. The van der Waals surface area contributed by atoms with Crippen LogP contribution in [0.15, 0.2) is 71.6 Å². The van der Waals surface area contributed by atoms with Crippen LogP contribution in [0.3, 0.4) is 0 Å². The van der Waals surface area contributed by atoms with E-state index in [0.717, 1.165) is 11.1 Å². The van der Waals surface area contributed by atoms with E-state index in [0.29, 0.717) is 22.5 Å². The Morgan fingerprint density at radius 2 is 1.48 bits per heavy atom. The molecule has 0 radical (unpaired) electrons. The standard InChI is InChI=1S/C23H22N4O3S/c1-15-8-11-17(12-9-15)31(28,29)27-23-22(25-19-6-4-5-7-21(19)30-3)26-20-14-16(2)10-13-18(20)24-23/h4-14H,1-3H3,(H,24,27)(H,25,26). The second-order valence-corrected chi connectivity index (χ2v) is 8.84. The van der Waals surface area contributed by atoms with Crippen LogP contribution in [0.1, 0.15) is 11.1 Å². The number of aryl methyl sites for hydroxylation is 2. The summed E-state index contributed by atoms with van der Waals surface area (Å²) < 4.78 is 34.0. The van der Waals surface area contributed by atoms with Crippen molar-refractivity contribution in [1.29, 1.82) is 0 Å². The maximum atomic E-state index is 13.0. The van der Waals surface area contributed by atoms with Gasteiger partial charge in [-0.2, -0.15) is 0 Å². The molecule has 2 N–H and O–H groups in total. The number of hydrogen-bond acceptors (Lipinski definition) is 6. The number of aromatic nitrogens is 2. The molecule has 0 spiro atoms. The number of fused-ring (bicyclic) bond motifs is 1. The van der Waals surface area contributed by atoms with Crippen molar-refractivity contribution >= 4 is 38.4 Å². The smallest absolute Gasteiger partial charge is 0.263 e. The zero-order valence-corrected chi connectivity index (χ0v) is 18.2. The fourth-order valence-electron chi connectivity index (χ4n) is 3.10. The number of methoxy groups -OCH3 is 1.